The van der Waals surface area contributed by atoms with Crippen LogP contribution >= 0.6 is 24.0 Å². The number of guanidine groups is 1. The molecule has 1 heterocycles. The highest BCUT2D eigenvalue weighted by atomic mass is 127. The van der Waals surface area contributed by atoms with Gasteiger partial charge in [-0.15, -0.1) is 24.0 Å². The van der Waals surface area contributed by atoms with E-state index in [9.17, 15) is 0 Å². The van der Waals surface area contributed by atoms with Gasteiger partial charge in [0, 0.05) is 46.5 Å². The van der Waals surface area contributed by atoms with Gasteiger partial charge in [-0.1, -0.05) is 19.8 Å². The molecule has 0 spiro atoms. The number of hydrogen-bond acceptors (Lipinski definition) is 3. The smallest absolute Gasteiger partial charge is 0.193 e. The van der Waals surface area contributed by atoms with Gasteiger partial charge in [-0.2, -0.15) is 0 Å². The summed E-state index contributed by atoms with van der Waals surface area (Å²) in [6, 6.07) is 0. The molecule has 2 rings (SSSR count). The third-order valence-corrected chi connectivity index (χ3v) is 5.34. The molecule has 0 aromatic rings. The van der Waals surface area contributed by atoms with E-state index < -0.39 is 0 Å². The van der Waals surface area contributed by atoms with Gasteiger partial charge >= 0.3 is 0 Å². The molecule has 0 aromatic heterocycles. The molecule has 1 aliphatic carbocycles. The summed E-state index contributed by atoms with van der Waals surface area (Å²) in [5, 5.41) is 3.49. The maximum Gasteiger partial charge on any atom is 0.193 e. The van der Waals surface area contributed by atoms with Crippen LogP contribution in [-0.4, -0.2) is 63.5 Å². The highest BCUT2D eigenvalue weighted by molar-refractivity contribution is 14.0. The summed E-state index contributed by atoms with van der Waals surface area (Å²) in [5.41, 5.74) is 0.420. The van der Waals surface area contributed by atoms with E-state index >= 15 is 0 Å². The molecule has 2 fully saturated rings. The summed E-state index contributed by atoms with van der Waals surface area (Å²) in [7, 11) is 1.74. The van der Waals surface area contributed by atoms with Crippen molar-refractivity contribution in [2.45, 2.75) is 64.9 Å². The Morgan fingerprint density at radius 3 is 2.48 bits per heavy atom. The largest absolute Gasteiger partial charge is 0.385 e. The Hall–Kier alpha value is -0.0800. The molecule has 0 radical (unpaired) electrons. The summed E-state index contributed by atoms with van der Waals surface area (Å²) >= 11 is 0. The van der Waals surface area contributed by atoms with Gasteiger partial charge in [-0.3, -0.25) is 4.99 Å². The second-order valence-corrected chi connectivity index (χ2v) is 7.59. The van der Waals surface area contributed by atoms with Gasteiger partial charge in [-0.25, -0.2) is 0 Å². The van der Waals surface area contributed by atoms with Crippen molar-refractivity contribution in [3.8, 4) is 0 Å². The topological polar surface area (TPSA) is 46.1 Å². The lowest BCUT2D eigenvalue weighted by Crippen LogP contribution is -2.47. The van der Waals surface area contributed by atoms with E-state index in [0.29, 0.717) is 11.5 Å². The van der Waals surface area contributed by atoms with Crippen LogP contribution in [0.15, 0.2) is 4.99 Å². The highest BCUT2D eigenvalue weighted by Crippen LogP contribution is 2.37. The van der Waals surface area contributed by atoms with E-state index in [2.05, 4.69) is 24.1 Å². The third kappa shape index (κ3) is 7.99. The van der Waals surface area contributed by atoms with Crippen LogP contribution in [0, 0.1) is 5.41 Å². The van der Waals surface area contributed by atoms with Crippen LogP contribution in [0.2, 0.25) is 0 Å². The Bertz CT molecular complexity index is 379. The third-order valence-electron chi connectivity index (χ3n) is 5.34. The first-order valence-corrected chi connectivity index (χ1v) is 9.81. The van der Waals surface area contributed by atoms with Crippen LogP contribution in [0.3, 0.4) is 0 Å². The zero-order chi connectivity index (χ0) is 17.3. The minimum absolute atomic E-state index is 0. The number of rotatable bonds is 8. The predicted octanol–water partition coefficient (Wildman–Crippen LogP) is 3.67. The Morgan fingerprint density at radius 1 is 1.20 bits per heavy atom. The Kier molecular flexibility index (Phi) is 11.3. The summed E-state index contributed by atoms with van der Waals surface area (Å²) in [6.07, 6.45) is 8.96. The molecule has 0 aromatic carbocycles. The average molecular weight is 467 g/mol. The molecule has 2 aliphatic rings. The van der Waals surface area contributed by atoms with Crippen molar-refractivity contribution in [3.05, 3.63) is 0 Å². The van der Waals surface area contributed by atoms with Gasteiger partial charge in [0.05, 0.1) is 6.10 Å². The van der Waals surface area contributed by atoms with E-state index in [0.717, 1.165) is 64.6 Å². The lowest BCUT2D eigenvalue weighted by molar-refractivity contribution is 0.00987. The first-order chi connectivity index (χ1) is 11.7. The number of ether oxygens (including phenoxy) is 2. The number of aliphatic imine (C=N–C) groups is 1. The van der Waals surface area contributed by atoms with Crippen LogP contribution in [0.4, 0.5) is 0 Å². The molecular formula is C19H38IN3O2. The molecule has 0 bridgehead atoms. The normalized spacial score (nSPS) is 21.2. The second kappa shape index (κ2) is 12.3. The summed E-state index contributed by atoms with van der Waals surface area (Å²) in [5.74, 6) is 1.10. The molecule has 0 unspecified atom stereocenters. The second-order valence-electron chi connectivity index (χ2n) is 7.59. The molecular weight excluding hydrogens is 429 g/mol. The molecule has 25 heavy (non-hydrogen) atoms. The van der Waals surface area contributed by atoms with Gasteiger partial charge in [0.25, 0.3) is 0 Å². The fourth-order valence-electron chi connectivity index (χ4n) is 3.77. The molecule has 5 nitrogen and oxygen atoms in total. The monoisotopic (exact) mass is 467 g/mol. The van der Waals surface area contributed by atoms with Crippen LogP contribution in [-0.2, 0) is 9.47 Å². The van der Waals surface area contributed by atoms with Crippen molar-refractivity contribution in [1.29, 1.82) is 0 Å². The maximum absolute atomic E-state index is 5.96. The van der Waals surface area contributed by atoms with E-state index in [4.69, 9.17) is 14.5 Å². The fourth-order valence-corrected chi connectivity index (χ4v) is 3.77. The standard InChI is InChI=1S/C19H37N3O2.HI/c1-4-20-18(21-16-19(2)10-5-6-11-19)22-12-8-17(9-13-22)24-15-7-14-23-3;/h17H,4-16H2,1-3H3,(H,20,21);1H. The molecule has 148 valence electrons. The van der Waals surface area contributed by atoms with Gasteiger partial charge < -0.3 is 19.7 Å². The molecule has 1 saturated carbocycles. The minimum atomic E-state index is 0. The van der Waals surface area contributed by atoms with Crippen molar-refractivity contribution in [2.75, 3.05) is 46.5 Å². The summed E-state index contributed by atoms with van der Waals surface area (Å²) < 4.78 is 11.0. The van der Waals surface area contributed by atoms with E-state index in [-0.39, 0.29) is 24.0 Å². The number of halogens is 1. The fraction of sp³-hybridized carbons (Fsp3) is 0.947. The number of hydrogen-bond donors (Lipinski definition) is 1. The number of nitrogens with one attached hydrogen (secondary N) is 1. The van der Waals surface area contributed by atoms with Gasteiger partial charge in [0.15, 0.2) is 5.96 Å². The maximum atomic E-state index is 5.96. The van der Waals surface area contributed by atoms with Crippen molar-refractivity contribution in [2.24, 2.45) is 10.4 Å². The number of nitrogens with zero attached hydrogens (tertiary/aromatic N) is 2. The molecule has 1 N–H and O–H groups in total. The molecule has 0 amide bonds. The van der Waals surface area contributed by atoms with E-state index in [1.54, 1.807) is 7.11 Å². The molecule has 1 aliphatic heterocycles. The Labute approximate surface area is 171 Å². The molecule has 0 atom stereocenters. The lowest BCUT2D eigenvalue weighted by Gasteiger charge is -2.34. The van der Waals surface area contributed by atoms with Gasteiger partial charge in [0.1, 0.15) is 0 Å². The zero-order valence-corrected chi connectivity index (χ0v) is 18.7. The average Bonchev–Trinajstić information content (AvgIpc) is 3.03. The SMILES string of the molecule is CCNC(=NCC1(C)CCCC1)N1CCC(OCCCOC)CC1.I. The Balaban J connectivity index is 0.00000312. The quantitative estimate of drug-likeness (QED) is 0.256. The van der Waals surface area contributed by atoms with E-state index in [1.165, 1.54) is 25.7 Å². The van der Waals surface area contributed by atoms with Crippen LogP contribution in [0.25, 0.3) is 0 Å². The van der Waals surface area contributed by atoms with Crippen LogP contribution in [0.1, 0.15) is 58.8 Å². The van der Waals surface area contributed by atoms with Crippen molar-refractivity contribution >= 4 is 29.9 Å². The number of likely N-dealkylation sites (tertiary alicyclic amines) is 1. The first-order valence-electron chi connectivity index (χ1n) is 9.81. The predicted molar refractivity (Wildman–Crippen MR) is 115 cm³/mol. The van der Waals surface area contributed by atoms with Gasteiger partial charge in [0.2, 0.25) is 0 Å². The van der Waals surface area contributed by atoms with Crippen LogP contribution < -0.4 is 5.32 Å². The number of methoxy groups -OCH3 is 1. The van der Waals surface area contributed by atoms with E-state index in [1.807, 2.05) is 0 Å². The van der Waals surface area contributed by atoms with Crippen molar-refractivity contribution in [1.82, 2.24) is 10.2 Å². The highest BCUT2D eigenvalue weighted by Gasteiger charge is 2.29. The van der Waals surface area contributed by atoms with Gasteiger partial charge in [-0.05, 0) is 44.4 Å². The molecule has 6 heteroatoms. The molecule has 1 saturated heterocycles. The summed E-state index contributed by atoms with van der Waals surface area (Å²) in [4.78, 5) is 7.39. The zero-order valence-electron chi connectivity index (χ0n) is 16.4. The Morgan fingerprint density at radius 2 is 1.88 bits per heavy atom. The summed E-state index contributed by atoms with van der Waals surface area (Å²) in [6.45, 7) is 10.1. The van der Waals surface area contributed by atoms with Crippen molar-refractivity contribution in [3.63, 3.8) is 0 Å². The number of piperidine rings is 1. The van der Waals surface area contributed by atoms with Crippen molar-refractivity contribution < 1.29 is 9.47 Å². The van der Waals surface area contributed by atoms with Crippen LogP contribution in [0.5, 0.6) is 0 Å². The minimum Gasteiger partial charge on any atom is -0.385 e. The first kappa shape index (κ1) is 23.0. The lowest BCUT2D eigenvalue weighted by atomic mass is 9.89.